The van der Waals surface area contributed by atoms with E-state index in [9.17, 15) is 14.7 Å². The molecule has 0 aliphatic heterocycles. The molecule has 25 heavy (non-hydrogen) atoms. The number of nitrogens with one attached hydrogen (secondary N) is 2. The number of aryl methyl sites for hydroxylation is 1. The van der Waals surface area contributed by atoms with Crippen LogP contribution in [0, 0.1) is 6.92 Å². The Balaban J connectivity index is 1.89. The number of benzene rings is 1. The van der Waals surface area contributed by atoms with Crippen LogP contribution in [0.1, 0.15) is 30.6 Å². The fourth-order valence-corrected chi connectivity index (χ4v) is 2.68. The van der Waals surface area contributed by atoms with E-state index in [1.807, 2.05) is 25.1 Å². The first-order chi connectivity index (χ1) is 12.0. The van der Waals surface area contributed by atoms with Crippen molar-refractivity contribution >= 4 is 17.1 Å². The first kappa shape index (κ1) is 16.7. The van der Waals surface area contributed by atoms with E-state index in [2.05, 4.69) is 15.6 Å². The zero-order chi connectivity index (χ0) is 18.0. The number of phenols is 1. The molecule has 0 radical (unpaired) electrons. The minimum atomic E-state index is -0.598. The summed E-state index contributed by atoms with van der Waals surface area (Å²) in [7, 11) is 0. The van der Waals surface area contributed by atoms with E-state index < -0.39 is 10.9 Å². The minimum Gasteiger partial charge on any atom is -0.505 e. The fourth-order valence-electron chi connectivity index (χ4n) is 2.68. The van der Waals surface area contributed by atoms with Crippen molar-refractivity contribution in [2.75, 3.05) is 10.6 Å². The molecular formula is C19H19N3O3. The summed E-state index contributed by atoms with van der Waals surface area (Å²) in [6.45, 7) is 3.73. The summed E-state index contributed by atoms with van der Waals surface area (Å²) in [4.78, 5) is 28.3. The number of hydrogen-bond donors (Lipinski definition) is 3. The third kappa shape index (κ3) is 3.10. The molecule has 1 heterocycles. The highest BCUT2D eigenvalue weighted by Crippen LogP contribution is 2.32. The first-order valence-corrected chi connectivity index (χ1v) is 8.09. The van der Waals surface area contributed by atoms with Crippen molar-refractivity contribution in [2.24, 2.45) is 0 Å². The number of aromatic nitrogens is 1. The molecule has 0 amide bonds. The Hall–Kier alpha value is -3.15. The number of rotatable bonds is 6. The summed E-state index contributed by atoms with van der Waals surface area (Å²) < 4.78 is 0. The van der Waals surface area contributed by atoms with Gasteiger partial charge in [0.2, 0.25) is 0 Å². The minimum absolute atomic E-state index is 0.0540. The Morgan fingerprint density at radius 1 is 1.08 bits per heavy atom. The van der Waals surface area contributed by atoms with E-state index in [0.29, 0.717) is 17.7 Å². The van der Waals surface area contributed by atoms with Crippen LogP contribution in [0.3, 0.4) is 0 Å². The van der Waals surface area contributed by atoms with Crippen LogP contribution >= 0.6 is 0 Å². The molecule has 3 rings (SSSR count). The number of pyridine rings is 1. The molecule has 6 nitrogen and oxygen atoms in total. The maximum Gasteiger partial charge on any atom is 0.253 e. The third-order valence-electron chi connectivity index (χ3n) is 4.18. The standard InChI is InChI=1S/C19H19N3O3/c1-3-12(13-8-4-5-10-20-13)21-15-16(19(25)18(15)24)22-14-9-6-7-11(2)17(14)23/h4-10,12,21-23H,3H2,1-2H3/t12-/m1/s1. The number of para-hydroxylation sites is 1. The van der Waals surface area contributed by atoms with Crippen molar-refractivity contribution in [2.45, 2.75) is 26.3 Å². The molecule has 3 N–H and O–H groups in total. The van der Waals surface area contributed by atoms with Crippen LogP contribution in [0.4, 0.5) is 17.1 Å². The van der Waals surface area contributed by atoms with E-state index >= 15 is 0 Å². The van der Waals surface area contributed by atoms with Gasteiger partial charge in [0.15, 0.2) is 0 Å². The third-order valence-corrected chi connectivity index (χ3v) is 4.18. The number of anilines is 3. The molecular weight excluding hydrogens is 318 g/mol. The molecule has 1 aromatic heterocycles. The Labute approximate surface area is 144 Å². The zero-order valence-electron chi connectivity index (χ0n) is 14.0. The maximum absolute atomic E-state index is 12.0. The second-order valence-corrected chi connectivity index (χ2v) is 5.86. The molecule has 2 aromatic carbocycles. The highest BCUT2D eigenvalue weighted by atomic mass is 16.3. The van der Waals surface area contributed by atoms with Crippen molar-refractivity contribution in [3.8, 4) is 5.75 Å². The van der Waals surface area contributed by atoms with Gasteiger partial charge in [0, 0.05) is 6.20 Å². The van der Waals surface area contributed by atoms with Gasteiger partial charge < -0.3 is 15.7 Å². The zero-order valence-corrected chi connectivity index (χ0v) is 14.0. The van der Waals surface area contributed by atoms with E-state index in [1.54, 1.807) is 31.3 Å². The monoisotopic (exact) mass is 337 g/mol. The van der Waals surface area contributed by atoms with Crippen molar-refractivity contribution in [3.05, 3.63) is 74.3 Å². The smallest absolute Gasteiger partial charge is 0.253 e. The second kappa shape index (κ2) is 6.76. The van der Waals surface area contributed by atoms with Gasteiger partial charge in [0.05, 0.1) is 17.4 Å². The quantitative estimate of drug-likeness (QED) is 0.473. The second-order valence-electron chi connectivity index (χ2n) is 5.86. The molecule has 0 fully saturated rings. The van der Waals surface area contributed by atoms with Crippen molar-refractivity contribution in [1.29, 1.82) is 0 Å². The summed E-state index contributed by atoms with van der Waals surface area (Å²) in [5.74, 6) is 0.0540. The van der Waals surface area contributed by atoms with Gasteiger partial charge in [-0.3, -0.25) is 14.6 Å². The van der Waals surface area contributed by atoms with Gasteiger partial charge in [-0.25, -0.2) is 0 Å². The Morgan fingerprint density at radius 3 is 2.52 bits per heavy atom. The molecule has 0 aliphatic rings. The summed E-state index contributed by atoms with van der Waals surface area (Å²) in [5.41, 5.74) is 1.09. The molecule has 0 saturated carbocycles. The Kier molecular flexibility index (Phi) is 4.52. The number of aromatic hydroxyl groups is 1. The summed E-state index contributed by atoms with van der Waals surface area (Å²) >= 11 is 0. The van der Waals surface area contributed by atoms with E-state index in [1.165, 1.54) is 0 Å². The maximum atomic E-state index is 12.0. The van der Waals surface area contributed by atoms with Crippen LogP contribution < -0.4 is 21.5 Å². The normalized spacial score (nSPS) is 12.1. The fraction of sp³-hybridized carbons (Fsp3) is 0.211. The molecule has 0 saturated heterocycles. The van der Waals surface area contributed by atoms with E-state index in [-0.39, 0.29) is 23.2 Å². The first-order valence-electron chi connectivity index (χ1n) is 8.09. The van der Waals surface area contributed by atoms with Crippen LogP contribution in [-0.2, 0) is 0 Å². The highest BCUT2D eigenvalue weighted by Gasteiger charge is 2.24. The Bertz CT molecular complexity index is 960. The molecule has 0 unspecified atom stereocenters. The average Bonchev–Trinajstić information content (AvgIpc) is 2.64. The molecule has 128 valence electrons. The molecule has 0 aliphatic carbocycles. The predicted molar refractivity (Wildman–Crippen MR) is 98.4 cm³/mol. The molecule has 6 heteroatoms. The lowest BCUT2D eigenvalue weighted by molar-refractivity contribution is 0.473. The van der Waals surface area contributed by atoms with Crippen LogP contribution in [-0.4, -0.2) is 10.1 Å². The van der Waals surface area contributed by atoms with Crippen LogP contribution in [0.15, 0.2) is 52.2 Å². The van der Waals surface area contributed by atoms with Crippen LogP contribution in [0.5, 0.6) is 5.75 Å². The predicted octanol–water partition coefficient (Wildman–Crippen LogP) is 3.00. The summed E-state index contributed by atoms with van der Waals surface area (Å²) in [5, 5.41) is 16.1. The van der Waals surface area contributed by atoms with Gasteiger partial charge in [-0.05, 0) is 37.1 Å². The molecule has 0 bridgehead atoms. The molecule has 3 aromatic rings. The van der Waals surface area contributed by atoms with Crippen molar-refractivity contribution < 1.29 is 5.11 Å². The lowest BCUT2D eigenvalue weighted by Gasteiger charge is -2.21. The summed E-state index contributed by atoms with van der Waals surface area (Å²) in [6.07, 6.45) is 2.39. The lowest BCUT2D eigenvalue weighted by atomic mass is 10.1. The van der Waals surface area contributed by atoms with Crippen molar-refractivity contribution in [1.82, 2.24) is 4.98 Å². The van der Waals surface area contributed by atoms with Gasteiger partial charge in [-0.15, -0.1) is 0 Å². The Morgan fingerprint density at radius 2 is 1.84 bits per heavy atom. The number of hydrogen-bond acceptors (Lipinski definition) is 6. The summed E-state index contributed by atoms with van der Waals surface area (Å²) in [6, 6.07) is 10.6. The largest absolute Gasteiger partial charge is 0.505 e. The van der Waals surface area contributed by atoms with E-state index in [0.717, 1.165) is 5.69 Å². The average molecular weight is 337 g/mol. The van der Waals surface area contributed by atoms with Crippen LogP contribution in [0.25, 0.3) is 0 Å². The number of nitrogens with zero attached hydrogens (tertiary/aromatic N) is 1. The number of phenolic OH excluding ortho intramolecular Hbond substituents is 1. The topological polar surface area (TPSA) is 91.3 Å². The molecule has 0 spiro atoms. The highest BCUT2D eigenvalue weighted by molar-refractivity contribution is 5.81. The van der Waals surface area contributed by atoms with Gasteiger partial charge in [-0.1, -0.05) is 25.1 Å². The van der Waals surface area contributed by atoms with Gasteiger partial charge >= 0.3 is 0 Å². The molecule has 1 atom stereocenters. The van der Waals surface area contributed by atoms with Crippen LogP contribution in [0.2, 0.25) is 0 Å². The van der Waals surface area contributed by atoms with Gasteiger partial charge in [0.25, 0.3) is 10.9 Å². The van der Waals surface area contributed by atoms with Crippen molar-refractivity contribution in [3.63, 3.8) is 0 Å². The van der Waals surface area contributed by atoms with Gasteiger partial charge in [-0.2, -0.15) is 0 Å². The van der Waals surface area contributed by atoms with Gasteiger partial charge in [0.1, 0.15) is 17.1 Å². The van der Waals surface area contributed by atoms with E-state index in [4.69, 9.17) is 0 Å². The SMILES string of the molecule is CC[C@@H](Nc1c(Nc2cccc(C)c2O)c(=O)c1=O)c1ccccn1. The lowest BCUT2D eigenvalue weighted by Crippen LogP contribution is -2.37.